The number of hydrogen-bond acceptors (Lipinski definition) is 32. The molecule has 38 nitrogen and oxygen atoms in total. The smallest absolute Gasteiger partial charge is 0.306 e. The number of guanidine groups is 2. The van der Waals surface area contributed by atoms with Crippen molar-refractivity contribution in [1.29, 1.82) is 0 Å². The summed E-state index contributed by atoms with van der Waals surface area (Å²) in [4.78, 5) is 109. The molecule has 24 N–H and O–H groups in total. The first-order valence-electron chi connectivity index (χ1n) is 31.7. The van der Waals surface area contributed by atoms with Crippen molar-refractivity contribution in [2.24, 2.45) is 27.4 Å². The summed E-state index contributed by atoms with van der Waals surface area (Å²) >= 11 is 0. The molecule has 0 saturated carbocycles. The summed E-state index contributed by atoms with van der Waals surface area (Å²) in [6.45, 7) is -0.278. The molecular formula is C60H88N12O26. The van der Waals surface area contributed by atoms with Gasteiger partial charge in [-0.15, -0.1) is 0 Å². The minimum absolute atomic E-state index is 0.0349. The maximum absolute atomic E-state index is 15.2. The predicted molar refractivity (Wildman–Crippen MR) is 331 cm³/mol. The number of carbonyl (C=O) groups excluding carboxylic acids is 7. The van der Waals surface area contributed by atoms with Gasteiger partial charge in [0.2, 0.25) is 41.7 Å². The number of benzene rings is 2. The summed E-state index contributed by atoms with van der Waals surface area (Å²) in [6.07, 6.45) is -31.4. The average Bonchev–Trinajstić information content (AvgIpc) is 1.43. The Morgan fingerprint density at radius 1 is 0.602 bits per heavy atom. The molecule has 6 heterocycles. The van der Waals surface area contributed by atoms with Gasteiger partial charge in [-0.25, -0.2) is 0 Å². The molecule has 2 aromatic rings. The molecule has 0 spiro atoms. The van der Waals surface area contributed by atoms with E-state index in [1.807, 2.05) is 13.8 Å². The summed E-state index contributed by atoms with van der Waals surface area (Å²) < 4.78 is 34.2. The number of aliphatic hydroxyl groups is 13. The molecule has 0 radical (unpaired) electrons. The monoisotopic (exact) mass is 1390 g/mol. The molecule has 2 aromatic carbocycles. The molecule has 5 unspecified atom stereocenters. The third-order valence-corrected chi connectivity index (χ3v) is 17.7. The number of aliphatic imine (C=N–C) groups is 2. The van der Waals surface area contributed by atoms with E-state index < -0.39 is 246 Å². The first-order chi connectivity index (χ1) is 46.6. The normalized spacial score (nSPS) is 35.7. The zero-order valence-electron chi connectivity index (χ0n) is 53.4. The largest absolute Gasteiger partial charge is 0.462 e. The first-order valence-corrected chi connectivity index (χ1v) is 31.7. The second kappa shape index (κ2) is 34.0. The molecule has 6 amide bonds. The zero-order valence-corrected chi connectivity index (χ0v) is 53.4. The quantitative estimate of drug-likeness (QED) is 0.0516. The van der Waals surface area contributed by atoms with Crippen LogP contribution in [0.2, 0.25) is 0 Å². The highest BCUT2D eigenvalue weighted by Crippen LogP contribution is 2.33. The number of esters is 1. The molecule has 0 aliphatic carbocycles. The number of nitrogens with one attached hydrogen (secondary N) is 7. The van der Waals surface area contributed by atoms with Crippen LogP contribution in [0.5, 0.6) is 5.75 Å². The molecule has 38 heteroatoms. The van der Waals surface area contributed by atoms with Crippen LogP contribution >= 0.6 is 0 Å². The average molecular weight is 1390 g/mol. The number of rotatable bonds is 21. The van der Waals surface area contributed by atoms with Crippen molar-refractivity contribution >= 4 is 53.3 Å². The van der Waals surface area contributed by atoms with Gasteiger partial charge in [-0.3, -0.25) is 43.5 Å². The fraction of sp³-hybridized carbons (Fsp3) is 0.650. The minimum Gasteiger partial charge on any atom is -0.462 e. The third-order valence-electron chi connectivity index (χ3n) is 17.7. The Kier molecular flexibility index (Phi) is 26.4. The van der Waals surface area contributed by atoms with Crippen molar-refractivity contribution in [2.75, 3.05) is 46.1 Å². The van der Waals surface area contributed by atoms with Gasteiger partial charge in [0.1, 0.15) is 115 Å². The Labute approximate surface area is 559 Å². The van der Waals surface area contributed by atoms with Gasteiger partial charge >= 0.3 is 5.97 Å². The van der Waals surface area contributed by atoms with Crippen LogP contribution in [-0.4, -0.2) is 317 Å². The SMILES string of the molecule is CC(C)CCC(=O)O[C@H]1[C@H](O)[C@H](O)[C@@H](O[C@H]2[C@H](O)[C@H](O)[C@@H](Oc3ccc(C[C@H]4NC(=O)[C@H](C(C)c5ccccc5)NC(=O)CNC(=O)[C@H](CO)NC(=O)[C@@H](C(O)C5CN=C(N)N5[C@H]5O[C@H](CO)[C@@H](O)[C@H](O)[C@@H]5O)NC(=O)[C@H](C(O)C5CN=C(N)N5)NC4=O)cc3)O[C@@H]2CO)O[C@@H]1CO. The molecule has 8 rings (SSSR count). The van der Waals surface area contributed by atoms with Crippen molar-refractivity contribution in [2.45, 2.75) is 193 Å². The molecule has 6 aliphatic rings. The molecule has 4 saturated heterocycles. The summed E-state index contributed by atoms with van der Waals surface area (Å²) in [5.41, 5.74) is 12.8. The Morgan fingerprint density at radius 3 is 1.83 bits per heavy atom. The van der Waals surface area contributed by atoms with E-state index in [1.54, 1.807) is 37.3 Å². The van der Waals surface area contributed by atoms with Gasteiger partial charge in [0, 0.05) is 18.8 Å². The third kappa shape index (κ3) is 17.9. The lowest BCUT2D eigenvalue weighted by Crippen LogP contribution is -2.70. The van der Waals surface area contributed by atoms with E-state index in [9.17, 15) is 90.4 Å². The van der Waals surface area contributed by atoms with E-state index in [1.165, 1.54) is 24.3 Å². The van der Waals surface area contributed by atoms with Crippen LogP contribution in [0.3, 0.4) is 0 Å². The van der Waals surface area contributed by atoms with E-state index in [2.05, 4.69) is 47.2 Å². The highest BCUT2D eigenvalue weighted by molar-refractivity contribution is 5.98. The Morgan fingerprint density at radius 2 is 1.19 bits per heavy atom. The van der Waals surface area contributed by atoms with Crippen molar-refractivity contribution in [3.8, 4) is 5.75 Å². The second-order valence-corrected chi connectivity index (χ2v) is 25.0. The Balaban J connectivity index is 1.08. The topological polar surface area (TPSA) is 602 Å². The summed E-state index contributed by atoms with van der Waals surface area (Å²) in [5.74, 6) is -9.66. The van der Waals surface area contributed by atoms with Crippen LogP contribution in [0.1, 0.15) is 50.7 Å². The van der Waals surface area contributed by atoms with Gasteiger partial charge in [-0.2, -0.15) is 0 Å². The van der Waals surface area contributed by atoms with Gasteiger partial charge in [0.15, 0.2) is 30.5 Å². The highest BCUT2D eigenvalue weighted by atomic mass is 16.7. The number of carbonyl (C=O) groups is 7. The van der Waals surface area contributed by atoms with Gasteiger partial charge in [-0.1, -0.05) is 63.2 Å². The summed E-state index contributed by atoms with van der Waals surface area (Å²) in [5, 5.41) is 160. The minimum atomic E-state index is -2.35. The molecule has 0 aromatic heterocycles. The van der Waals surface area contributed by atoms with Gasteiger partial charge in [-0.05, 0) is 35.6 Å². The number of ether oxygens (including phenoxy) is 6. The lowest BCUT2D eigenvalue weighted by atomic mass is 9.92. The fourth-order valence-electron chi connectivity index (χ4n) is 11.9. The van der Waals surface area contributed by atoms with Crippen LogP contribution in [0, 0.1) is 5.92 Å². The summed E-state index contributed by atoms with van der Waals surface area (Å²) in [6, 6.07) is 0.750. The summed E-state index contributed by atoms with van der Waals surface area (Å²) in [7, 11) is 0. The van der Waals surface area contributed by atoms with Gasteiger partial charge < -0.3 is 148 Å². The molecule has 25 atom stereocenters. The Bertz CT molecular complexity index is 3120. The number of amides is 6. The number of hydrogen-bond donors (Lipinski definition) is 22. The van der Waals surface area contributed by atoms with Crippen molar-refractivity contribution in [3.05, 3.63) is 65.7 Å². The molecule has 0 bridgehead atoms. The lowest BCUT2D eigenvalue weighted by molar-refractivity contribution is -0.353. The number of nitrogens with two attached hydrogens (primary N) is 2. The van der Waals surface area contributed by atoms with E-state index in [0.29, 0.717) is 12.0 Å². The standard InChI is InChI=1S/C60H88N12O26/c1-23(2)9-14-36(78)97-49-33(21-75)96-58(48(87)44(49)83)98-50-34(22-76)95-57(47(86)45(50)84)93-27-12-10-25(11-13-27)15-28-52(89)70-38(40(79)29-16-64-59(61)68-29)55(92)71-39(41(80)31-17-65-60(62)72(31)56-46(85)43(82)42(81)32(20-74)94-56)54(91)67-30(19-73)51(88)63-18-35(77)69-37(53(90)66-28)24(3)26-7-5-4-6-8-26/h4-8,10-13,23-24,28-34,37-50,56-58,73-76,79-87H,9,14-22H2,1-3H3,(H2,62,65)(H,63,88)(H,66,90)(H,67,91)(H,69,77)(H,70,89)(H,71,92)(H3,61,64,68)/t24?,28-,29?,30+,31?,32-,33-,34-,37+,38+,39-,40?,41?,42-,43+,44-,45-,46+,47+,48+,49-,50-,56+,57+,58-/m1/s1. The molecule has 6 aliphatic heterocycles. The molecule has 544 valence electrons. The van der Waals surface area contributed by atoms with Crippen LogP contribution in [0.4, 0.5) is 0 Å². The van der Waals surface area contributed by atoms with Gasteiger partial charge in [0.05, 0.1) is 58.1 Å². The first kappa shape index (κ1) is 76.1. The van der Waals surface area contributed by atoms with Crippen molar-refractivity contribution in [3.63, 3.8) is 0 Å². The van der Waals surface area contributed by atoms with E-state index in [4.69, 9.17) is 39.9 Å². The lowest BCUT2D eigenvalue weighted by Gasteiger charge is -2.46. The van der Waals surface area contributed by atoms with E-state index in [0.717, 1.165) is 4.90 Å². The molecule has 4 fully saturated rings. The Hall–Kier alpha value is -7.61. The van der Waals surface area contributed by atoms with Crippen molar-refractivity contribution in [1.82, 2.24) is 42.1 Å². The number of aliphatic hydroxyl groups excluding tert-OH is 13. The predicted octanol–water partition coefficient (Wildman–Crippen LogP) is -11.6. The maximum atomic E-state index is 15.2. The van der Waals surface area contributed by atoms with Gasteiger partial charge in [0.25, 0.3) is 0 Å². The molecule has 98 heavy (non-hydrogen) atoms. The second-order valence-electron chi connectivity index (χ2n) is 25.0. The highest BCUT2D eigenvalue weighted by Gasteiger charge is 2.55. The van der Waals surface area contributed by atoms with Crippen LogP contribution in [0.15, 0.2) is 64.6 Å². The van der Waals surface area contributed by atoms with E-state index in [-0.39, 0.29) is 36.2 Å². The number of nitrogens with zero attached hydrogens (tertiary/aromatic N) is 3. The maximum Gasteiger partial charge on any atom is 0.306 e. The van der Waals surface area contributed by atoms with Crippen LogP contribution < -0.4 is 53.4 Å². The van der Waals surface area contributed by atoms with E-state index >= 15 is 9.59 Å². The van der Waals surface area contributed by atoms with Crippen LogP contribution in [0.25, 0.3) is 0 Å². The molecular weight excluding hydrogens is 1300 g/mol. The van der Waals surface area contributed by atoms with Crippen molar-refractivity contribution < 1.29 is 128 Å². The van der Waals surface area contributed by atoms with Crippen LogP contribution in [-0.2, 0) is 63.7 Å². The zero-order chi connectivity index (χ0) is 71.6. The fourth-order valence-corrected chi connectivity index (χ4v) is 11.9.